The van der Waals surface area contributed by atoms with Crippen molar-refractivity contribution in [3.63, 3.8) is 0 Å². The topological polar surface area (TPSA) is 71.0 Å². The first kappa shape index (κ1) is 16.6. The lowest BCUT2D eigenvalue weighted by molar-refractivity contribution is -0.119. The van der Waals surface area contributed by atoms with Gasteiger partial charge in [-0.05, 0) is 32.9 Å². The number of hydrogen-bond donors (Lipinski definition) is 3. The molecule has 0 aliphatic carbocycles. The molecule has 132 valence electrons. The van der Waals surface area contributed by atoms with Gasteiger partial charge in [0.25, 0.3) is 0 Å². The summed E-state index contributed by atoms with van der Waals surface area (Å²) in [5, 5.41) is 8.10. The molecular weight excluding hydrogens is 334 g/mol. The molecule has 2 fully saturated rings. The lowest BCUT2D eigenvalue weighted by atomic mass is 9.90. The highest BCUT2D eigenvalue weighted by atomic mass is 32.2. The summed E-state index contributed by atoms with van der Waals surface area (Å²) >= 11 is 1.72. The fourth-order valence-corrected chi connectivity index (χ4v) is 5.46. The highest BCUT2D eigenvalue weighted by Crippen LogP contribution is 2.44. The minimum Gasteiger partial charge on any atom is -0.338 e. The van der Waals surface area contributed by atoms with Crippen molar-refractivity contribution in [1.29, 1.82) is 0 Å². The van der Waals surface area contributed by atoms with Gasteiger partial charge in [0.05, 0.1) is 23.3 Å². The van der Waals surface area contributed by atoms with Crippen LogP contribution in [0, 0.1) is 19.8 Å². The van der Waals surface area contributed by atoms with E-state index in [0.717, 1.165) is 17.1 Å². The maximum absolute atomic E-state index is 12.1. The van der Waals surface area contributed by atoms with Crippen molar-refractivity contribution in [2.24, 2.45) is 5.92 Å². The van der Waals surface area contributed by atoms with E-state index in [9.17, 15) is 4.79 Å². The Morgan fingerprint density at radius 3 is 2.72 bits per heavy atom. The van der Waals surface area contributed by atoms with Gasteiger partial charge in [0.2, 0.25) is 5.91 Å². The Balaban J connectivity index is 1.78. The Bertz CT molecular complexity index is 790. The minimum atomic E-state index is -0.0543. The smallest absolute Gasteiger partial charge is 0.231 e. The molecule has 2 saturated heterocycles. The first-order valence-corrected chi connectivity index (χ1v) is 9.64. The van der Waals surface area contributed by atoms with Gasteiger partial charge in [-0.2, -0.15) is 5.10 Å². The zero-order valence-electron chi connectivity index (χ0n) is 14.6. The van der Waals surface area contributed by atoms with Crippen LogP contribution < -0.4 is 16.2 Å². The number of rotatable bonds is 2. The number of hydrogen-bond acceptors (Lipinski definition) is 5. The van der Waals surface area contributed by atoms with Crippen LogP contribution in [0.2, 0.25) is 0 Å². The SMILES string of the molecule is Cc1nn(-c2ccccc2)c(C)c1C1SCC(=O)NC2NNC(C)C21. The number of nitrogens with one attached hydrogen (secondary N) is 3. The summed E-state index contributed by atoms with van der Waals surface area (Å²) in [6.45, 7) is 6.35. The van der Waals surface area contributed by atoms with Crippen LogP contribution in [0.15, 0.2) is 30.3 Å². The van der Waals surface area contributed by atoms with E-state index in [1.54, 1.807) is 11.8 Å². The van der Waals surface area contributed by atoms with Crippen LogP contribution in [-0.2, 0) is 4.79 Å². The van der Waals surface area contributed by atoms with Gasteiger partial charge in [0.15, 0.2) is 0 Å². The molecule has 0 bridgehead atoms. The van der Waals surface area contributed by atoms with Crippen molar-refractivity contribution in [2.75, 3.05) is 5.75 Å². The molecule has 1 aromatic heterocycles. The van der Waals surface area contributed by atoms with E-state index < -0.39 is 0 Å². The third-order valence-corrected chi connectivity index (χ3v) is 6.46. The second kappa shape index (κ2) is 6.48. The van der Waals surface area contributed by atoms with Gasteiger partial charge in [-0.3, -0.25) is 10.2 Å². The van der Waals surface area contributed by atoms with Gasteiger partial charge in [-0.25, -0.2) is 10.1 Å². The molecule has 2 aliphatic rings. The van der Waals surface area contributed by atoms with Crippen molar-refractivity contribution in [3.8, 4) is 5.69 Å². The van der Waals surface area contributed by atoms with Crippen LogP contribution in [-0.4, -0.2) is 33.6 Å². The number of aromatic nitrogens is 2. The highest BCUT2D eigenvalue weighted by Gasteiger charge is 2.44. The van der Waals surface area contributed by atoms with E-state index in [1.807, 2.05) is 22.9 Å². The van der Waals surface area contributed by atoms with Gasteiger partial charge < -0.3 is 5.32 Å². The fraction of sp³-hybridized carbons (Fsp3) is 0.444. The molecule has 0 saturated carbocycles. The average Bonchev–Trinajstić information content (AvgIpc) is 3.04. The molecule has 1 aromatic carbocycles. The van der Waals surface area contributed by atoms with E-state index in [4.69, 9.17) is 5.10 Å². The summed E-state index contributed by atoms with van der Waals surface area (Å²) in [5.41, 5.74) is 11.0. The molecule has 25 heavy (non-hydrogen) atoms. The summed E-state index contributed by atoms with van der Waals surface area (Å²) in [4.78, 5) is 12.1. The molecule has 1 amide bonds. The quantitative estimate of drug-likeness (QED) is 0.765. The van der Waals surface area contributed by atoms with Crippen LogP contribution in [0.3, 0.4) is 0 Å². The summed E-state index contributed by atoms with van der Waals surface area (Å²) in [7, 11) is 0. The molecule has 0 radical (unpaired) electrons. The predicted molar refractivity (Wildman–Crippen MR) is 99.4 cm³/mol. The average molecular weight is 357 g/mol. The molecule has 7 heteroatoms. The zero-order valence-corrected chi connectivity index (χ0v) is 15.4. The molecule has 3 heterocycles. The van der Waals surface area contributed by atoms with E-state index in [0.29, 0.717) is 5.75 Å². The summed E-state index contributed by atoms with van der Waals surface area (Å²) in [6, 6.07) is 10.5. The molecule has 0 spiro atoms. The second-order valence-electron chi connectivity index (χ2n) is 6.76. The van der Waals surface area contributed by atoms with E-state index in [-0.39, 0.29) is 29.3 Å². The third-order valence-electron chi connectivity index (χ3n) is 5.12. The molecule has 4 rings (SSSR count). The third kappa shape index (κ3) is 2.86. The summed E-state index contributed by atoms with van der Waals surface area (Å²) in [5.74, 6) is 0.820. The molecular formula is C18H23N5OS. The van der Waals surface area contributed by atoms with Crippen LogP contribution >= 0.6 is 11.8 Å². The molecule has 3 N–H and O–H groups in total. The number of amides is 1. The molecule has 4 atom stereocenters. The Hall–Kier alpha value is -1.83. The number of hydrazine groups is 1. The lowest BCUT2D eigenvalue weighted by Crippen LogP contribution is -2.46. The first-order valence-electron chi connectivity index (χ1n) is 8.60. The van der Waals surface area contributed by atoms with Crippen LogP contribution in [0.25, 0.3) is 5.69 Å². The Labute approximate surface area is 151 Å². The number of nitrogens with zero attached hydrogens (tertiary/aromatic N) is 2. The first-order chi connectivity index (χ1) is 12.1. The van der Waals surface area contributed by atoms with Crippen molar-refractivity contribution in [3.05, 3.63) is 47.3 Å². The van der Waals surface area contributed by atoms with Gasteiger partial charge in [0, 0.05) is 28.5 Å². The Kier molecular flexibility index (Phi) is 4.31. The maximum Gasteiger partial charge on any atom is 0.231 e. The number of fused-ring (bicyclic) bond motifs is 1. The standard InChI is InChI=1S/C18H23N5OS/c1-10-16-17(25-9-14(24)19-18(16)21-20-10)15-11(2)22-23(12(15)3)13-7-5-4-6-8-13/h4-8,10,16-18,20-21H,9H2,1-3H3,(H,19,24). The monoisotopic (exact) mass is 357 g/mol. The number of para-hydroxylation sites is 1. The summed E-state index contributed by atoms with van der Waals surface area (Å²) < 4.78 is 2.01. The molecule has 2 aromatic rings. The van der Waals surface area contributed by atoms with Crippen LogP contribution in [0.1, 0.15) is 29.1 Å². The van der Waals surface area contributed by atoms with Crippen molar-refractivity contribution in [1.82, 2.24) is 25.9 Å². The molecule has 4 unspecified atom stereocenters. The number of benzene rings is 1. The van der Waals surface area contributed by atoms with Crippen LogP contribution in [0.5, 0.6) is 0 Å². The number of aryl methyl sites for hydroxylation is 1. The van der Waals surface area contributed by atoms with E-state index in [2.05, 4.69) is 49.1 Å². The molecule has 2 aliphatic heterocycles. The lowest BCUT2D eigenvalue weighted by Gasteiger charge is -2.27. The van der Waals surface area contributed by atoms with Crippen molar-refractivity contribution in [2.45, 2.75) is 38.2 Å². The van der Waals surface area contributed by atoms with Gasteiger partial charge in [0.1, 0.15) is 0 Å². The second-order valence-corrected chi connectivity index (χ2v) is 7.89. The van der Waals surface area contributed by atoms with Crippen molar-refractivity contribution < 1.29 is 4.79 Å². The maximum atomic E-state index is 12.1. The van der Waals surface area contributed by atoms with Gasteiger partial charge >= 0.3 is 0 Å². The van der Waals surface area contributed by atoms with Gasteiger partial charge in [-0.15, -0.1) is 11.8 Å². The largest absolute Gasteiger partial charge is 0.338 e. The van der Waals surface area contributed by atoms with Crippen LogP contribution in [0.4, 0.5) is 0 Å². The normalized spacial score (nSPS) is 29.2. The Morgan fingerprint density at radius 2 is 1.96 bits per heavy atom. The molecule has 6 nitrogen and oxygen atoms in total. The van der Waals surface area contributed by atoms with Crippen molar-refractivity contribution >= 4 is 17.7 Å². The van der Waals surface area contributed by atoms with E-state index >= 15 is 0 Å². The predicted octanol–water partition coefficient (Wildman–Crippen LogP) is 1.83. The highest BCUT2D eigenvalue weighted by molar-refractivity contribution is 8.00. The van der Waals surface area contributed by atoms with E-state index in [1.165, 1.54) is 5.56 Å². The van der Waals surface area contributed by atoms with Gasteiger partial charge in [-0.1, -0.05) is 18.2 Å². The Morgan fingerprint density at radius 1 is 1.20 bits per heavy atom. The minimum absolute atomic E-state index is 0.0543. The number of thioether (sulfide) groups is 1. The fourth-order valence-electron chi connectivity index (χ4n) is 3.93. The summed E-state index contributed by atoms with van der Waals surface area (Å²) in [6.07, 6.45) is -0.0543. The number of carbonyl (C=O) groups excluding carboxylic acids is 1. The number of carbonyl (C=O) groups is 1. The zero-order chi connectivity index (χ0) is 17.6.